The minimum absolute atomic E-state index is 0.763. The van der Waals surface area contributed by atoms with Gasteiger partial charge in [0, 0.05) is 19.1 Å². The summed E-state index contributed by atoms with van der Waals surface area (Å²) in [7, 11) is 0. The molecule has 0 unspecified atom stereocenters. The Morgan fingerprint density at radius 3 is 2.29 bits per heavy atom. The van der Waals surface area contributed by atoms with Gasteiger partial charge in [-0.25, -0.2) is 0 Å². The molecule has 0 atom stereocenters. The van der Waals surface area contributed by atoms with Gasteiger partial charge in [0.05, 0.1) is 0 Å². The molecule has 1 N–H and O–H groups in total. The van der Waals surface area contributed by atoms with Crippen molar-refractivity contribution in [2.24, 2.45) is 0 Å². The van der Waals surface area contributed by atoms with Crippen LogP contribution in [-0.2, 0) is 0 Å². The van der Waals surface area contributed by atoms with Crippen molar-refractivity contribution < 1.29 is 0 Å². The lowest BCUT2D eigenvalue weighted by molar-refractivity contribution is 0.194. The topological polar surface area (TPSA) is 18.5 Å². The molecular weight excluding hydrogens is 210 g/mol. The second-order valence-electron chi connectivity index (χ2n) is 5.10. The van der Waals surface area contributed by atoms with Crippen LogP contribution in [0.15, 0.2) is 0 Å². The Bertz CT molecular complexity index is 172. The highest BCUT2D eigenvalue weighted by Crippen LogP contribution is 2.10. The fourth-order valence-electron chi connectivity index (χ4n) is 2.64. The number of rotatable bonds is 8. The first-order valence-corrected chi connectivity index (χ1v) is 7.48. The summed E-state index contributed by atoms with van der Waals surface area (Å²) in [5, 5.41) is 3.72. The van der Waals surface area contributed by atoms with Crippen LogP contribution < -0.4 is 5.32 Å². The first kappa shape index (κ1) is 14.9. The van der Waals surface area contributed by atoms with E-state index in [0.29, 0.717) is 0 Å². The monoisotopic (exact) mass is 241 g/mol. The van der Waals surface area contributed by atoms with Crippen molar-refractivity contribution in [3.63, 3.8) is 0 Å². The van der Waals surface area contributed by atoms with Crippen LogP contribution in [0.3, 0.4) is 0 Å². The van der Waals surface area contributed by atoms with Gasteiger partial charge in [0.15, 0.2) is 0 Å². The van der Waals surface area contributed by atoms with Gasteiger partial charge in [-0.1, -0.05) is 20.8 Å². The van der Waals surface area contributed by atoms with Crippen molar-refractivity contribution >= 4 is 0 Å². The normalized spacial score (nSPS) is 19.1. The van der Waals surface area contributed by atoms with Gasteiger partial charge in [0.25, 0.3) is 0 Å². The van der Waals surface area contributed by atoms with Crippen LogP contribution in [0.25, 0.3) is 0 Å². The smallest absolute Gasteiger partial charge is 0.0107 e. The van der Waals surface area contributed by atoms with E-state index in [1.54, 1.807) is 0 Å². The third kappa shape index (κ3) is 5.84. The van der Waals surface area contributed by atoms with Crippen LogP contribution in [0.2, 0.25) is 0 Å². The number of likely N-dealkylation sites (tertiary alicyclic amines) is 1. The Labute approximate surface area is 108 Å². The highest BCUT2D eigenvalue weighted by atomic mass is 15.2. The first-order valence-electron chi connectivity index (χ1n) is 7.48. The van der Waals surface area contributed by atoms with Crippen molar-refractivity contribution in [3.05, 3.63) is 0 Å². The lowest BCUT2D eigenvalue weighted by Gasteiger charge is -2.32. The molecule has 3 heteroatoms. The molecule has 17 heavy (non-hydrogen) atoms. The van der Waals surface area contributed by atoms with Gasteiger partial charge in [-0.05, 0) is 52.0 Å². The molecule has 1 heterocycles. The standard InChI is InChI=1S/C14H31N3/c1-4-10-17-11-7-14(8-12-17)15-9-13-16(5-2)6-3/h14-15H,4-13H2,1-3H3. The third-order valence-electron chi connectivity index (χ3n) is 3.88. The molecule has 1 rings (SSSR count). The van der Waals surface area contributed by atoms with Gasteiger partial charge in [-0.15, -0.1) is 0 Å². The van der Waals surface area contributed by atoms with E-state index in [0.717, 1.165) is 12.6 Å². The number of nitrogens with zero attached hydrogens (tertiary/aromatic N) is 2. The zero-order valence-electron chi connectivity index (χ0n) is 12.0. The van der Waals surface area contributed by atoms with Crippen molar-refractivity contribution in [3.8, 4) is 0 Å². The van der Waals surface area contributed by atoms with E-state index in [1.807, 2.05) is 0 Å². The lowest BCUT2D eigenvalue weighted by Crippen LogP contribution is -2.44. The zero-order valence-corrected chi connectivity index (χ0v) is 12.0. The molecule has 0 radical (unpaired) electrons. The summed E-state index contributed by atoms with van der Waals surface area (Å²) in [6.45, 7) is 15.3. The summed E-state index contributed by atoms with van der Waals surface area (Å²) in [5.41, 5.74) is 0. The highest BCUT2D eigenvalue weighted by molar-refractivity contribution is 4.77. The van der Waals surface area contributed by atoms with Crippen LogP contribution in [0.5, 0.6) is 0 Å². The van der Waals surface area contributed by atoms with Crippen LogP contribution in [0.1, 0.15) is 40.0 Å². The van der Waals surface area contributed by atoms with E-state index in [4.69, 9.17) is 0 Å². The Kier molecular flexibility index (Phi) is 7.82. The van der Waals surface area contributed by atoms with E-state index < -0.39 is 0 Å². The molecule has 0 amide bonds. The maximum atomic E-state index is 3.72. The summed E-state index contributed by atoms with van der Waals surface area (Å²) in [4.78, 5) is 5.09. The fraction of sp³-hybridized carbons (Fsp3) is 1.00. The SMILES string of the molecule is CCCN1CCC(NCCN(CC)CC)CC1. The van der Waals surface area contributed by atoms with Gasteiger partial charge in [0.1, 0.15) is 0 Å². The molecule has 1 aliphatic rings. The van der Waals surface area contributed by atoms with Gasteiger partial charge in [-0.3, -0.25) is 0 Å². The Balaban J connectivity index is 2.06. The van der Waals surface area contributed by atoms with E-state index in [1.165, 1.54) is 58.5 Å². The van der Waals surface area contributed by atoms with Gasteiger partial charge >= 0.3 is 0 Å². The molecule has 0 aromatic carbocycles. The molecule has 0 spiro atoms. The van der Waals surface area contributed by atoms with Crippen molar-refractivity contribution in [1.29, 1.82) is 0 Å². The molecule has 1 fully saturated rings. The lowest BCUT2D eigenvalue weighted by atomic mass is 10.0. The second kappa shape index (κ2) is 8.90. The quantitative estimate of drug-likeness (QED) is 0.699. The maximum absolute atomic E-state index is 3.72. The predicted molar refractivity (Wildman–Crippen MR) is 75.5 cm³/mol. The molecule has 0 saturated carbocycles. The molecule has 3 nitrogen and oxygen atoms in total. The number of hydrogen-bond donors (Lipinski definition) is 1. The van der Waals surface area contributed by atoms with E-state index in [9.17, 15) is 0 Å². The maximum Gasteiger partial charge on any atom is 0.0107 e. The van der Waals surface area contributed by atoms with Gasteiger partial charge in [0.2, 0.25) is 0 Å². The molecule has 0 aliphatic carbocycles. The summed E-state index contributed by atoms with van der Waals surface area (Å²) < 4.78 is 0. The molecular formula is C14H31N3. The minimum atomic E-state index is 0.763. The van der Waals surface area contributed by atoms with Crippen molar-refractivity contribution in [2.75, 3.05) is 45.8 Å². The van der Waals surface area contributed by atoms with Crippen molar-refractivity contribution in [1.82, 2.24) is 15.1 Å². The molecule has 0 aromatic heterocycles. The first-order chi connectivity index (χ1) is 8.30. The summed E-state index contributed by atoms with van der Waals surface area (Å²) in [6.07, 6.45) is 3.95. The number of piperidine rings is 1. The fourth-order valence-corrected chi connectivity index (χ4v) is 2.64. The Morgan fingerprint density at radius 2 is 1.76 bits per heavy atom. The van der Waals surface area contributed by atoms with E-state index >= 15 is 0 Å². The summed E-state index contributed by atoms with van der Waals surface area (Å²) in [6, 6.07) is 0.763. The van der Waals surface area contributed by atoms with Crippen LogP contribution in [0, 0.1) is 0 Å². The molecule has 0 bridgehead atoms. The van der Waals surface area contributed by atoms with Crippen molar-refractivity contribution in [2.45, 2.75) is 46.1 Å². The summed E-state index contributed by atoms with van der Waals surface area (Å²) >= 11 is 0. The second-order valence-corrected chi connectivity index (χ2v) is 5.10. The number of nitrogens with one attached hydrogen (secondary N) is 1. The Morgan fingerprint density at radius 1 is 1.12 bits per heavy atom. The molecule has 1 aliphatic heterocycles. The minimum Gasteiger partial charge on any atom is -0.313 e. The van der Waals surface area contributed by atoms with Gasteiger partial charge < -0.3 is 15.1 Å². The van der Waals surface area contributed by atoms with E-state index in [-0.39, 0.29) is 0 Å². The highest BCUT2D eigenvalue weighted by Gasteiger charge is 2.17. The van der Waals surface area contributed by atoms with Gasteiger partial charge in [-0.2, -0.15) is 0 Å². The zero-order chi connectivity index (χ0) is 12.5. The molecule has 1 saturated heterocycles. The molecule has 102 valence electrons. The average molecular weight is 241 g/mol. The Hall–Kier alpha value is -0.120. The number of hydrogen-bond acceptors (Lipinski definition) is 3. The number of likely N-dealkylation sites (N-methyl/N-ethyl adjacent to an activating group) is 1. The van der Waals surface area contributed by atoms with E-state index in [2.05, 4.69) is 35.9 Å². The average Bonchev–Trinajstić information content (AvgIpc) is 2.37. The van der Waals surface area contributed by atoms with Crippen LogP contribution in [0.4, 0.5) is 0 Å². The largest absolute Gasteiger partial charge is 0.313 e. The van der Waals surface area contributed by atoms with Crippen LogP contribution in [-0.4, -0.2) is 61.7 Å². The molecule has 0 aromatic rings. The third-order valence-corrected chi connectivity index (χ3v) is 3.88. The van der Waals surface area contributed by atoms with Crippen LogP contribution >= 0.6 is 0 Å². The predicted octanol–water partition coefficient (Wildman–Crippen LogP) is 1.79. The summed E-state index contributed by atoms with van der Waals surface area (Å²) in [5.74, 6) is 0.